The van der Waals surface area contributed by atoms with Gasteiger partial charge in [-0.15, -0.1) is 0 Å². The molecule has 0 aliphatic carbocycles. The molecule has 172 valence electrons. The molecule has 0 bridgehead atoms. The monoisotopic (exact) mass is 467 g/mol. The number of amides is 1. The van der Waals surface area contributed by atoms with E-state index in [2.05, 4.69) is 10.5 Å². The third-order valence-electron chi connectivity index (χ3n) is 4.73. The van der Waals surface area contributed by atoms with Crippen LogP contribution in [0.3, 0.4) is 0 Å². The Morgan fingerprint density at radius 2 is 1.61 bits per heavy atom. The molecule has 0 spiro atoms. The van der Waals surface area contributed by atoms with Crippen LogP contribution in [0.4, 0.5) is 0 Å². The number of carbonyl (C=O) groups is 1. The van der Waals surface area contributed by atoms with Gasteiger partial charge in [0.05, 0.1) is 31.9 Å². The summed E-state index contributed by atoms with van der Waals surface area (Å²) in [6.45, 7) is -0.363. The van der Waals surface area contributed by atoms with Crippen LogP contribution in [0.15, 0.2) is 88.9 Å². The van der Waals surface area contributed by atoms with E-state index in [0.29, 0.717) is 17.1 Å². The Labute approximate surface area is 193 Å². The number of hydrazone groups is 1. The van der Waals surface area contributed by atoms with Gasteiger partial charge in [0.25, 0.3) is 5.91 Å². The van der Waals surface area contributed by atoms with Crippen molar-refractivity contribution >= 4 is 22.1 Å². The smallest absolute Gasteiger partial charge is 0.255 e. The van der Waals surface area contributed by atoms with Gasteiger partial charge in [-0.2, -0.15) is 9.41 Å². The number of hydrogen-bond acceptors (Lipinski definition) is 6. The lowest BCUT2D eigenvalue weighted by molar-refractivity contribution is -0.121. The summed E-state index contributed by atoms with van der Waals surface area (Å²) in [5.74, 6) is 0.412. The number of methoxy groups -OCH3 is 2. The maximum Gasteiger partial charge on any atom is 0.255 e. The van der Waals surface area contributed by atoms with Gasteiger partial charge in [-0.3, -0.25) is 4.79 Å². The van der Waals surface area contributed by atoms with Crippen molar-refractivity contribution in [2.24, 2.45) is 5.10 Å². The molecule has 0 saturated heterocycles. The minimum absolute atomic E-state index is 0.0406. The van der Waals surface area contributed by atoms with Crippen LogP contribution in [0.25, 0.3) is 0 Å². The highest BCUT2D eigenvalue weighted by Crippen LogP contribution is 2.29. The number of benzene rings is 3. The van der Waals surface area contributed by atoms with E-state index in [-0.39, 0.29) is 11.4 Å². The van der Waals surface area contributed by atoms with Gasteiger partial charge in [0.15, 0.2) is 11.5 Å². The van der Waals surface area contributed by atoms with E-state index in [1.165, 1.54) is 32.6 Å². The summed E-state index contributed by atoms with van der Waals surface area (Å²) >= 11 is 0. The van der Waals surface area contributed by atoms with Crippen LogP contribution < -0.4 is 14.9 Å². The van der Waals surface area contributed by atoms with Crippen LogP contribution in [0.2, 0.25) is 0 Å². The first-order valence-electron chi connectivity index (χ1n) is 10.1. The summed E-state index contributed by atoms with van der Waals surface area (Å²) in [6.07, 6.45) is 1.41. The highest BCUT2D eigenvalue weighted by molar-refractivity contribution is 7.89. The number of ether oxygens (including phenoxy) is 2. The van der Waals surface area contributed by atoms with Gasteiger partial charge >= 0.3 is 0 Å². The fraction of sp³-hybridized carbons (Fsp3) is 0.167. The lowest BCUT2D eigenvalue weighted by atomic mass is 10.2. The number of para-hydroxylation sites is 1. The number of sulfonamides is 1. The maximum atomic E-state index is 13.2. The Morgan fingerprint density at radius 3 is 2.24 bits per heavy atom. The lowest BCUT2D eigenvalue weighted by Crippen LogP contribution is -2.39. The summed E-state index contributed by atoms with van der Waals surface area (Å²) in [6, 6.07) is 22.3. The molecular weight excluding hydrogens is 442 g/mol. The first-order chi connectivity index (χ1) is 16.0. The second-order valence-corrected chi connectivity index (χ2v) is 8.89. The molecule has 0 saturated carbocycles. The first kappa shape index (κ1) is 24.0. The van der Waals surface area contributed by atoms with Gasteiger partial charge in [0, 0.05) is 12.1 Å². The summed E-state index contributed by atoms with van der Waals surface area (Å²) in [5, 5.41) is 3.96. The Morgan fingerprint density at radius 1 is 0.939 bits per heavy atom. The number of rotatable bonds is 10. The Bertz CT molecular complexity index is 1200. The Balaban J connectivity index is 1.77. The molecule has 9 heteroatoms. The number of carbonyl (C=O) groups excluding carboxylic acids is 1. The van der Waals surface area contributed by atoms with Crippen molar-refractivity contribution < 1.29 is 22.7 Å². The molecule has 0 heterocycles. The minimum atomic E-state index is -3.91. The number of hydrogen-bond donors (Lipinski definition) is 1. The molecule has 0 unspecified atom stereocenters. The molecule has 0 aliphatic rings. The van der Waals surface area contributed by atoms with Crippen LogP contribution in [-0.2, 0) is 21.4 Å². The zero-order valence-electron chi connectivity index (χ0n) is 18.3. The summed E-state index contributed by atoms with van der Waals surface area (Å²) in [7, 11) is -0.881. The van der Waals surface area contributed by atoms with Crippen molar-refractivity contribution in [3.63, 3.8) is 0 Å². The fourth-order valence-electron chi connectivity index (χ4n) is 3.14. The second kappa shape index (κ2) is 11.3. The third-order valence-corrected chi connectivity index (χ3v) is 6.53. The summed E-state index contributed by atoms with van der Waals surface area (Å²) in [5.41, 5.74) is 3.74. The van der Waals surface area contributed by atoms with Crippen molar-refractivity contribution in [3.05, 3.63) is 90.0 Å². The molecule has 0 atom stereocenters. The second-order valence-electron chi connectivity index (χ2n) is 6.95. The SMILES string of the molecule is COc1cccc(C=NNC(=O)CN(Cc2ccccc2)S(=O)(=O)c2ccccc2)c1OC. The molecule has 0 radical (unpaired) electrons. The van der Waals surface area contributed by atoms with E-state index in [1.807, 2.05) is 18.2 Å². The highest BCUT2D eigenvalue weighted by atomic mass is 32.2. The largest absolute Gasteiger partial charge is 0.493 e. The number of nitrogens with zero attached hydrogens (tertiary/aromatic N) is 2. The van der Waals surface area contributed by atoms with Crippen molar-refractivity contribution in [2.75, 3.05) is 20.8 Å². The predicted molar refractivity (Wildman–Crippen MR) is 126 cm³/mol. The van der Waals surface area contributed by atoms with Crippen LogP contribution in [-0.4, -0.2) is 45.6 Å². The molecule has 8 nitrogen and oxygen atoms in total. The van der Waals surface area contributed by atoms with Crippen molar-refractivity contribution in [2.45, 2.75) is 11.4 Å². The van der Waals surface area contributed by atoms with Crippen molar-refractivity contribution in [1.82, 2.24) is 9.73 Å². The van der Waals surface area contributed by atoms with Crippen LogP contribution in [0.1, 0.15) is 11.1 Å². The fourth-order valence-corrected chi connectivity index (χ4v) is 4.54. The lowest BCUT2D eigenvalue weighted by Gasteiger charge is -2.21. The molecule has 3 aromatic rings. The maximum absolute atomic E-state index is 13.2. The van der Waals surface area contributed by atoms with Crippen LogP contribution in [0, 0.1) is 0 Å². The topological polar surface area (TPSA) is 97.3 Å². The quantitative estimate of drug-likeness (QED) is 0.365. The molecule has 0 fully saturated rings. The number of nitrogens with one attached hydrogen (secondary N) is 1. The van der Waals surface area contributed by atoms with E-state index < -0.39 is 22.5 Å². The predicted octanol–water partition coefficient (Wildman–Crippen LogP) is 3.05. The van der Waals surface area contributed by atoms with Crippen molar-refractivity contribution in [1.29, 1.82) is 0 Å². The highest BCUT2D eigenvalue weighted by Gasteiger charge is 2.26. The normalized spacial score (nSPS) is 11.5. The van der Waals surface area contributed by atoms with Gasteiger partial charge in [-0.25, -0.2) is 13.8 Å². The molecule has 1 amide bonds. The van der Waals surface area contributed by atoms with Crippen LogP contribution in [0.5, 0.6) is 11.5 Å². The summed E-state index contributed by atoms with van der Waals surface area (Å²) in [4.78, 5) is 12.7. The minimum Gasteiger partial charge on any atom is -0.493 e. The van der Waals surface area contributed by atoms with Crippen molar-refractivity contribution in [3.8, 4) is 11.5 Å². The van der Waals surface area contributed by atoms with Gasteiger partial charge in [0.2, 0.25) is 10.0 Å². The van der Waals surface area contributed by atoms with E-state index in [0.717, 1.165) is 9.87 Å². The Hall–Kier alpha value is -3.69. The van der Waals surface area contributed by atoms with E-state index >= 15 is 0 Å². The zero-order chi connectivity index (χ0) is 23.7. The molecule has 0 aliphatic heterocycles. The van der Waals surface area contributed by atoms with E-state index in [1.54, 1.807) is 48.5 Å². The van der Waals surface area contributed by atoms with E-state index in [4.69, 9.17) is 9.47 Å². The van der Waals surface area contributed by atoms with Gasteiger partial charge in [0.1, 0.15) is 0 Å². The van der Waals surface area contributed by atoms with Crippen LogP contribution >= 0.6 is 0 Å². The first-order valence-corrected chi connectivity index (χ1v) is 11.5. The summed E-state index contributed by atoms with van der Waals surface area (Å²) < 4.78 is 38.1. The van der Waals surface area contributed by atoms with E-state index in [9.17, 15) is 13.2 Å². The Kier molecular flexibility index (Phi) is 8.17. The molecule has 1 N–H and O–H groups in total. The standard InChI is InChI=1S/C24H25N3O5S/c1-31-22-15-9-12-20(24(22)32-2)16-25-26-23(28)18-27(17-19-10-5-3-6-11-19)33(29,30)21-13-7-4-8-14-21/h3-16H,17-18H2,1-2H3,(H,26,28). The van der Waals surface area contributed by atoms with Gasteiger partial charge in [-0.1, -0.05) is 54.6 Å². The molecule has 33 heavy (non-hydrogen) atoms. The molecule has 3 rings (SSSR count). The third kappa shape index (κ3) is 6.18. The molecular formula is C24H25N3O5S. The molecule has 3 aromatic carbocycles. The molecule has 0 aromatic heterocycles. The van der Waals surface area contributed by atoms with Gasteiger partial charge in [-0.05, 0) is 29.8 Å². The average molecular weight is 468 g/mol. The average Bonchev–Trinajstić information content (AvgIpc) is 2.84. The van der Waals surface area contributed by atoms with Gasteiger partial charge < -0.3 is 9.47 Å². The zero-order valence-corrected chi connectivity index (χ0v) is 19.2.